The highest BCUT2D eigenvalue weighted by Crippen LogP contribution is 2.09. The molecule has 4 nitrogen and oxygen atoms in total. The molecule has 0 saturated carbocycles. The molecule has 0 radical (unpaired) electrons. The number of aliphatic hydroxyl groups excluding tert-OH is 1. The van der Waals surface area contributed by atoms with Gasteiger partial charge in [0.25, 0.3) is 0 Å². The summed E-state index contributed by atoms with van der Waals surface area (Å²) in [4.78, 5) is 10.2. The molecule has 0 aliphatic heterocycles. The van der Waals surface area contributed by atoms with Crippen LogP contribution in [0.2, 0.25) is 0 Å². The van der Waals surface area contributed by atoms with Gasteiger partial charge in [-0.1, -0.05) is 13.5 Å². The normalized spacial score (nSPS) is 12.1. The minimum Gasteiger partial charge on any atom is -0.463 e. The predicted octanol–water partition coefficient (Wildman–Crippen LogP) is 1.65. The molecule has 0 aromatic rings. The summed E-state index contributed by atoms with van der Waals surface area (Å²) in [5.41, 5.74) is -0.728. The summed E-state index contributed by atoms with van der Waals surface area (Å²) in [5.74, 6) is -0.341. The Labute approximate surface area is 97.9 Å². The molecular weight excluding hydrogens is 208 g/mol. The summed E-state index contributed by atoms with van der Waals surface area (Å²) in [7, 11) is 0. The first-order valence-corrected chi connectivity index (χ1v) is 5.42. The molecule has 0 fully saturated rings. The molecule has 16 heavy (non-hydrogen) atoms. The first kappa shape index (κ1) is 17.5. The highest BCUT2D eigenvalue weighted by Gasteiger charge is 2.14. The third-order valence-corrected chi connectivity index (χ3v) is 1.41. The van der Waals surface area contributed by atoms with Crippen molar-refractivity contribution in [1.29, 1.82) is 0 Å². The fraction of sp³-hybridized carbons (Fsp3) is 0.750. The quantitative estimate of drug-likeness (QED) is 0.559. The van der Waals surface area contributed by atoms with Crippen molar-refractivity contribution >= 4 is 5.97 Å². The smallest absolute Gasteiger partial charge is 0.330 e. The van der Waals surface area contributed by atoms with Gasteiger partial charge in [-0.15, -0.1) is 0 Å². The standard InChI is InChI=1S/C6H14O2.C6H10O2/c1-5(7)4-6(2,3)8;1-3-5-8-6(7)4-2/h5,7-8H,4H2,1-3H3;4H,2-3,5H2,1H3. The van der Waals surface area contributed by atoms with Crippen molar-refractivity contribution in [2.45, 2.75) is 52.2 Å². The van der Waals surface area contributed by atoms with E-state index < -0.39 is 11.7 Å². The summed E-state index contributed by atoms with van der Waals surface area (Å²) < 4.78 is 4.58. The second kappa shape index (κ2) is 9.36. The van der Waals surface area contributed by atoms with Crippen molar-refractivity contribution in [2.24, 2.45) is 0 Å². The topological polar surface area (TPSA) is 66.8 Å². The molecule has 0 heterocycles. The van der Waals surface area contributed by atoms with E-state index in [9.17, 15) is 4.79 Å². The van der Waals surface area contributed by atoms with E-state index in [2.05, 4.69) is 11.3 Å². The summed E-state index contributed by atoms with van der Waals surface area (Å²) in [6.45, 7) is 10.7. The molecule has 0 aliphatic rings. The number of carbonyl (C=O) groups excluding carboxylic acids is 1. The molecule has 0 saturated heterocycles. The molecule has 0 aromatic carbocycles. The Balaban J connectivity index is 0. The number of hydrogen-bond donors (Lipinski definition) is 2. The van der Waals surface area contributed by atoms with E-state index >= 15 is 0 Å². The predicted molar refractivity (Wildman–Crippen MR) is 64.0 cm³/mol. The van der Waals surface area contributed by atoms with E-state index in [0.29, 0.717) is 13.0 Å². The fourth-order valence-electron chi connectivity index (χ4n) is 0.985. The first-order valence-electron chi connectivity index (χ1n) is 5.42. The Kier molecular flexibility index (Phi) is 10.3. The Morgan fingerprint density at radius 2 is 2.06 bits per heavy atom. The van der Waals surface area contributed by atoms with Crippen LogP contribution in [0.1, 0.15) is 40.5 Å². The number of carbonyl (C=O) groups is 1. The lowest BCUT2D eigenvalue weighted by atomic mass is 10.0. The van der Waals surface area contributed by atoms with E-state index in [-0.39, 0.29) is 5.97 Å². The largest absolute Gasteiger partial charge is 0.463 e. The zero-order chi connectivity index (χ0) is 13.2. The van der Waals surface area contributed by atoms with Gasteiger partial charge >= 0.3 is 5.97 Å². The van der Waals surface area contributed by atoms with Crippen molar-refractivity contribution in [3.63, 3.8) is 0 Å². The van der Waals surface area contributed by atoms with E-state index in [1.54, 1.807) is 20.8 Å². The van der Waals surface area contributed by atoms with Gasteiger partial charge in [0.1, 0.15) is 0 Å². The molecule has 0 rings (SSSR count). The Hall–Kier alpha value is -0.870. The maximum Gasteiger partial charge on any atom is 0.330 e. The Morgan fingerprint density at radius 3 is 2.25 bits per heavy atom. The van der Waals surface area contributed by atoms with Crippen LogP contribution in [0.3, 0.4) is 0 Å². The van der Waals surface area contributed by atoms with Crippen LogP contribution in [0.5, 0.6) is 0 Å². The SMILES string of the molecule is C=CC(=O)OCCC.CC(O)CC(C)(C)O. The number of rotatable bonds is 5. The highest BCUT2D eigenvalue weighted by molar-refractivity contribution is 5.81. The lowest BCUT2D eigenvalue weighted by Gasteiger charge is -2.17. The van der Waals surface area contributed by atoms with E-state index in [4.69, 9.17) is 10.2 Å². The molecule has 1 unspecified atom stereocenters. The fourth-order valence-corrected chi connectivity index (χ4v) is 0.985. The van der Waals surface area contributed by atoms with Crippen LogP contribution in [0.25, 0.3) is 0 Å². The van der Waals surface area contributed by atoms with Crippen LogP contribution in [0.15, 0.2) is 12.7 Å². The Bertz CT molecular complexity index is 192. The average Bonchev–Trinajstić information content (AvgIpc) is 2.11. The second-order valence-electron chi connectivity index (χ2n) is 4.24. The molecule has 96 valence electrons. The summed E-state index contributed by atoms with van der Waals surface area (Å²) in [5, 5.41) is 17.8. The molecule has 4 heteroatoms. The summed E-state index contributed by atoms with van der Waals surface area (Å²) in [6, 6.07) is 0. The molecule has 1 atom stereocenters. The van der Waals surface area contributed by atoms with Gasteiger partial charge in [-0.3, -0.25) is 0 Å². The van der Waals surface area contributed by atoms with Crippen LogP contribution >= 0.6 is 0 Å². The van der Waals surface area contributed by atoms with E-state index in [1.165, 1.54) is 0 Å². The van der Waals surface area contributed by atoms with Gasteiger partial charge in [-0.2, -0.15) is 0 Å². The van der Waals surface area contributed by atoms with E-state index in [0.717, 1.165) is 12.5 Å². The summed E-state index contributed by atoms with van der Waals surface area (Å²) >= 11 is 0. The number of hydrogen-bond acceptors (Lipinski definition) is 4. The molecular formula is C12H24O4. The highest BCUT2D eigenvalue weighted by atomic mass is 16.5. The van der Waals surface area contributed by atoms with Gasteiger partial charge < -0.3 is 14.9 Å². The number of aliphatic hydroxyl groups is 2. The molecule has 0 aliphatic carbocycles. The van der Waals surface area contributed by atoms with Crippen molar-refractivity contribution < 1.29 is 19.7 Å². The van der Waals surface area contributed by atoms with E-state index in [1.807, 2.05) is 6.92 Å². The van der Waals surface area contributed by atoms with Crippen LogP contribution in [0, 0.1) is 0 Å². The zero-order valence-corrected chi connectivity index (χ0v) is 10.7. The monoisotopic (exact) mass is 232 g/mol. The lowest BCUT2D eigenvalue weighted by molar-refractivity contribution is -0.137. The maximum absolute atomic E-state index is 10.2. The maximum atomic E-state index is 10.2. The van der Waals surface area contributed by atoms with Gasteiger partial charge in [-0.05, 0) is 27.2 Å². The average molecular weight is 232 g/mol. The van der Waals surface area contributed by atoms with Gasteiger partial charge in [0.2, 0.25) is 0 Å². The van der Waals surface area contributed by atoms with Gasteiger partial charge in [-0.25, -0.2) is 4.79 Å². The minimum atomic E-state index is -0.728. The molecule has 0 aromatic heterocycles. The van der Waals surface area contributed by atoms with Crippen LogP contribution in [-0.2, 0) is 9.53 Å². The van der Waals surface area contributed by atoms with Crippen LogP contribution in [-0.4, -0.2) is 34.5 Å². The Morgan fingerprint density at radius 1 is 1.56 bits per heavy atom. The number of ether oxygens (including phenoxy) is 1. The van der Waals surface area contributed by atoms with Gasteiger partial charge in [0.05, 0.1) is 18.3 Å². The molecule has 0 bridgehead atoms. The van der Waals surface area contributed by atoms with Crippen molar-refractivity contribution in [3.05, 3.63) is 12.7 Å². The van der Waals surface area contributed by atoms with Crippen molar-refractivity contribution in [1.82, 2.24) is 0 Å². The first-order chi connectivity index (χ1) is 7.22. The number of esters is 1. The minimum absolute atomic E-state index is 0.341. The molecule has 2 N–H and O–H groups in total. The van der Waals surface area contributed by atoms with Crippen LogP contribution in [0.4, 0.5) is 0 Å². The van der Waals surface area contributed by atoms with Gasteiger partial charge in [0.15, 0.2) is 0 Å². The van der Waals surface area contributed by atoms with Gasteiger partial charge in [0, 0.05) is 12.5 Å². The third kappa shape index (κ3) is 18.8. The van der Waals surface area contributed by atoms with Crippen molar-refractivity contribution in [2.75, 3.05) is 6.61 Å². The second-order valence-corrected chi connectivity index (χ2v) is 4.24. The van der Waals surface area contributed by atoms with Crippen molar-refractivity contribution in [3.8, 4) is 0 Å². The third-order valence-electron chi connectivity index (χ3n) is 1.41. The lowest BCUT2D eigenvalue weighted by Crippen LogP contribution is -2.24. The molecule has 0 amide bonds. The van der Waals surface area contributed by atoms with Crippen LogP contribution < -0.4 is 0 Å². The zero-order valence-electron chi connectivity index (χ0n) is 10.7. The summed E-state index contributed by atoms with van der Waals surface area (Å²) in [6.07, 6.45) is 2.05. The molecule has 0 spiro atoms.